The first kappa shape index (κ1) is 13.5. The molecule has 0 unspecified atom stereocenters. The van der Waals surface area contributed by atoms with Crippen molar-refractivity contribution in [3.63, 3.8) is 0 Å². The summed E-state index contributed by atoms with van der Waals surface area (Å²) in [6.07, 6.45) is 2.14. The van der Waals surface area contributed by atoms with E-state index in [9.17, 15) is 4.79 Å². The van der Waals surface area contributed by atoms with Crippen molar-refractivity contribution in [1.29, 1.82) is 5.26 Å². The van der Waals surface area contributed by atoms with Gasteiger partial charge in [0, 0.05) is 11.6 Å². The molecule has 1 aromatic carbocycles. The average Bonchev–Trinajstić information content (AvgIpc) is 3.22. The number of nitrogen functional groups attached to an aromatic ring is 1. The molecule has 4 N–H and O–H groups in total. The molecule has 0 spiro atoms. The molecule has 0 aliphatic heterocycles. The molecule has 7 heteroatoms. The second-order valence-corrected chi connectivity index (χ2v) is 5.34. The average molecular weight is 302 g/mol. The van der Waals surface area contributed by atoms with Gasteiger partial charge >= 0.3 is 0 Å². The molecule has 6 nitrogen and oxygen atoms in total. The number of nitrogens with zero attached hydrogens (tertiary/aromatic N) is 2. The van der Waals surface area contributed by atoms with E-state index < -0.39 is 5.91 Å². The Balaban J connectivity index is 1.80. The topological polar surface area (TPSA) is 108 Å². The van der Waals surface area contributed by atoms with Gasteiger partial charge in [0.1, 0.15) is 6.07 Å². The van der Waals surface area contributed by atoms with Gasteiger partial charge in [0.05, 0.1) is 22.0 Å². The lowest BCUT2D eigenvalue weighted by atomic mass is 10.2. The maximum absolute atomic E-state index is 12.2. The lowest BCUT2D eigenvalue weighted by Crippen LogP contribution is -2.14. The van der Waals surface area contributed by atoms with E-state index in [1.807, 2.05) is 6.07 Å². The largest absolute Gasteiger partial charge is 0.395 e. The maximum atomic E-state index is 12.2. The highest BCUT2D eigenvalue weighted by molar-refractivity contribution is 6.32. The van der Waals surface area contributed by atoms with Crippen LogP contribution in [0.4, 0.5) is 11.4 Å². The summed E-state index contributed by atoms with van der Waals surface area (Å²) in [5.74, 6) is -0.0140. The number of carbonyl (C=O) groups is 1. The number of rotatable bonds is 3. The summed E-state index contributed by atoms with van der Waals surface area (Å²) in [7, 11) is 0. The van der Waals surface area contributed by atoms with Crippen LogP contribution in [0, 0.1) is 11.3 Å². The van der Waals surface area contributed by atoms with Crippen LogP contribution in [0.5, 0.6) is 0 Å². The fraction of sp³-hybridized carbons (Fsp3) is 0.214. The number of hydrogen-bond acceptors (Lipinski definition) is 4. The maximum Gasteiger partial charge on any atom is 0.278 e. The van der Waals surface area contributed by atoms with Crippen molar-refractivity contribution < 1.29 is 4.79 Å². The summed E-state index contributed by atoms with van der Waals surface area (Å²) in [5.41, 5.74) is 8.20. The van der Waals surface area contributed by atoms with E-state index in [1.54, 1.807) is 12.1 Å². The van der Waals surface area contributed by atoms with Gasteiger partial charge in [-0.05, 0) is 31.0 Å². The highest BCUT2D eigenvalue weighted by Gasteiger charge is 2.30. The third-order valence-electron chi connectivity index (χ3n) is 3.38. The molecule has 0 atom stereocenters. The molecule has 2 aromatic rings. The molecule has 1 heterocycles. The molecule has 1 amide bonds. The molecular weight excluding hydrogens is 290 g/mol. The molecule has 0 bridgehead atoms. The molecule has 0 saturated heterocycles. The number of nitrogens with two attached hydrogens (primary N) is 1. The van der Waals surface area contributed by atoms with Crippen LogP contribution in [0.1, 0.15) is 40.5 Å². The fourth-order valence-corrected chi connectivity index (χ4v) is 2.32. The van der Waals surface area contributed by atoms with Crippen molar-refractivity contribution in [2.24, 2.45) is 0 Å². The van der Waals surface area contributed by atoms with Crippen LogP contribution < -0.4 is 11.1 Å². The van der Waals surface area contributed by atoms with Crippen molar-refractivity contribution in [1.82, 2.24) is 10.2 Å². The van der Waals surface area contributed by atoms with Crippen molar-refractivity contribution in [3.05, 3.63) is 40.2 Å². The minimum absolute atomic E-state index is 0.178. The number of nitriles is 1. The minimum atomic E-state index is -0.406. The molecule has 1 saturated carbocycles. The van der Waals surface area contributed by atoms with Gasteiger partial charge in [-0.15, -0.1) is 0 Å². The van der Waals surface area contributed by atoms with Crippen molar-refractivity contribution >= 4 is 28.9 Å². The van der Waals surface area contributed by atoms with Gasteiger partial charge in [-0.3, -0.25) is 9.89 Å². The molecule has 1 aliphatic rings. The van der Waals surface area contributed by atoms with Gasteiger partial charge in [-0.25, -0.2) is 0 Å². The van der Waals surface area contributed by atoms with Crippen molar-refractivity contribution in [3.8, 4) is 6.07 Å². The zero-order chi connectivity index (χ0) is 15.0. The van der Waals surface area contributed by atoms with E-state index in [1.165, 1.54) is 6.07 Å². The zero-order valence-electron chi connectivity index (χ0n) is 11.0. The summed E-state index contributed by atoms with van der Waals surface area (Å²) >= 11 is 5.92. The first-order valence-corrected chi connectivity index (χ1v) is 6.82. The van der Waals surface area contributed by atoms with Crippen LogP contribution in [-0.4, -0.2) is 16.1 Å². The molecule has 1 aromatic heterocycles. The summed E-state index contributed by atoms with van der Waals surface area (Å²) in [5, 5.41) is 18.6. The first-order valence-electron chi connectivity index (χ1n) is 6.45. The van der Waals surface area contributed by atoms with Crippen LogP contribution >= 0.6 is 11.6 Å². The van der Waals surface area contributed by atoms with Crippen LogP contribution in [0.15, 0.2) is 18.2 Å². The van der Waals surface area contributed by atoms with E-state index >= 15 is 0 Å². The van der Waals surface area contributed by atoms with E-state index in [-0.39, 0.29) is 10.7 Å². The number of carbonyl (C=O) groups excluding carboxylic acids is 1. The normalized spacial score (nSPS) is 13.7. The molecule has 1 aliphatic carbocycles. The Labute approximate surface area is 125 Å². The number of halogens is 1. The molecule has 3 rings (SSSR count). The third kappa shape index (κ3) is 2.56. The quantitative estimate of drug-likeness (QED) is 0.809. The number of aromatic nitrogens is 2. The summed E-state index contributed by atoms with van der Waals surface area (Å²) in [6.45, 7) is 0. The molecule has 21 heavy (non-hydrogen) atoms. The lowest BCUT2D eigenvalue weighted by molar-refractivity contribution is 0.102. The number of benzene rings is 1. The second kappa shape index (κ2) is 5.11. The highest BCUT2D eigenvalue weighted by atomic mass is 35.5. The number of aromatic amines is 1. The van der Waals surface area contributed by atoms with Gasteiger partial charge in [-0.2, -0.15) is 10.4 Å². The number of H-pyrrole nitrogens is 1. The van der Waals surface area contributed by atoms with Crippen molar-refractivity contribution in [2.75, 3.05) is 11.1 Å². The highest BCUT2D eigenvalue weighted by Crippen LogP contribution is 2.42. The Kier molecular flexibility index (Phi) is 3.28. The van der Waals surface area contributed by atoms with Crippen LogP contribution in [0.2, 0.25) is 5.02 Å². The third-order valence-corrected chi connectivity index (χ3v) is 3.69. The van der Waals surface area contributed by atoms with Crippen molar-refractivity contribution in [2.45, 2.75) is 18.8 Å². The number of anilines is 2. The standard InChI is InChI=1S/C14H12ClN5O/c15-10-5-9(4-3-8(10)6-16)18-14(21)13-11(17)12(19-20-13)7-1-2-7/h3-5,7H,1-2,17H2,(H,18,21)(H,19,20). The monoisotopic (exact) mass is 301 g/mol. The Morgan fingerprint density at radius 1 is 1.52 bits per heavy atom. The summed E-state index contributed by atoms with van der Waals surface area (Å²) in [6, 6.07) is 6.62. The smallest absolute Gasteiger partial charge is 0.278 e. The number of hydrogen-bond donors (Lipinski definition) is 3. The van der Waals surface area contributed by atoms with Gasteiger partial charge in [0.2, 0.25) is 0 Å². The zero-order valence-corrected chi connectivity index (χ0v) is 11.7. The van der Waals surface area contributed by atoms with Crippen LogP contribution in [0.25, 0.3) is 0 Å². The molecular formula is C14H12ClN5O. The Bertz CT molecular complexity index is 757. The van der Waals surface area contributed by atoms with Gasteiger partial charge in [0.25, 0.3) is 5.91 Å². The van der Waals surface area contributed by atoms with Gasteiger partial charge in [0.15, 0.2) is 5.69 Å². The Hall–Kier alpha value is -2.52. The molecule has 1 fully saturated rings. The predicted molar refractivity (Wildman–Crippen MR) is 79.1 cm³/mol. The first-order chi connectivity index (χ1) is 10.1. The fourth-order valence-electron chi connectivity index (χ4n) is 2.09. The number of nitrogens with one attached hydrogen (secondary N) is 2. The Morgan fingerprint density at radius 3 is 2.90 bits per heavy atom. The number of amides is 1. The van der Waals surface area contributed by atoms with E-state index in [4.69, 9.17) is 22.6 Å². The lowest BCUT2D eigenvalue weighted by Gasteiger charge is -2.05. The van der Waals surface area contributed by atoms with Gasteiger partial charge in [-0.1, -0.05) is 11.6 Å². The van der Waals surface area contributed by atoms with Gasteiger partial charge < -0.3 is 11.1 Å². The van der Waals surface area contributed by atoms with E-state index in [0.717, 1.165) is 18.5 Å². The van der Waals surface area contributed by atoms with Crippen LogP contribution in [0.3, 0.4) is 0 Å². The molecule has 106 valence electrons. The summed E-state index contributed by atoms with van der Waals surface area (Å²) < 4.78 is 0. The second-order valence-electron chi connectivity index (χ2n) is 4.93. The predicted octanol–water partition coefficient (Wildman–Crippen LogP) is 2.65. The molecule has 0 radical (unpaired) electrons. The summed E-state index contributed by atoms with van der Waals surface area (Å²) in [4.78, 5) is 12.2. The Morgan fingerprint density at radius 2 is 2.29 bits per heavy atom. The SMILES string of the molecule is N#Cc1ccc(NC(=O)c2n[nH]c(C3CC3)c2N)cc1Cl. The minimum Gasteiger partial charge on any atom is -0.395 e. The van der Waals surface area contributed by atoms with Crippen LogP contribution in [-0.2, 0) is 0 Å². The van der Waals surface area contributed by atoms with E-state index in [0.29, 0.717) is 22.9 Å². The van der Waals surface area contributed by atoms with E-state index in [2.05, 4.69) is 15.5 Å².